The Morgan fingerprint density at radius 2 is 2.27 bits per heavy atom. The Morgan fingerprint density at radius 1 is 1.40 bits per heavy atom. The van der Waals surface area contributed by atoms with Gasteiger partial charge in [0.1, 0.15) is 0 Å². The summed E-state index contributed by atoms with van der Waals surface area (Å²) in [4.78, 5) is 9.22. The van der Waals surface area contributed by atoms with Crippen molar-refractivity contribution < 1.29 is 4.84 Å². The van der Waals surface area contributed by atoms with Crippen LogP contribution in [0, 0.1) is 0 Å². The number of imidazole rings is 1. The van der Waals surface area contributed by atoms with Gasteiger partial charge < -0.3 is 9.40 Å². The normalized spacial score (nSPS) is 10.7. The van der Waals surface area contributed by atoms with E-state index in [9.17, 15) is 0 Å². The fourth-order valence-corrected chi connectivity index (χ4v) is 1.26. The largest absolute Gasteiger partial charge is 0.355 e. The molecule has 0 aliphatic carbocycles. The maximum absolute atomic E-state index is 5.23. The number of hydrogen-bond acceptors (Lipinski definition) is 3. The van der Waals surface area contributed by atoms with E-state index in [-0.39, 0.29) is 0 Å². The Labute approximate surface area is 87.8 Å². The zero-order chi connectivity index (χ0) is 10.5. The first kappa shape index (κ1) is 9.45. The van der Waals surface area contributed by atoms with Gasteiger partial charge in [-0.15, -0.1) is 0 Å². The highest BCUT2D eigenvalue weighted by atomic mass is 16.6. The third-order valence-corrected chi connectivity index (χ3v) is 1.90. The summed E-state index contributed by atoms with van der Waals surface area (Å²) in [5, 5.41) is 3.75. The molecule has 0 aliphatic heterocycles. The zero-order valence-electron chi connectivity index (χ0n) is 8.37. The molecule has 0 unspecified atom stereocenters. The first-order chi connectivity index (χ1) is 7.42. The molecule has 0 bridgehead atoms. The molecular formula is C11H11N3O. The van der Waals surface area contributed by atoms with Gasteiger partial charge in [0, 0.05) is 18.6 Å². The predicted octanol–water partition coefficient (Wildman–Crippen LogP) is 2.26. The van der Waals surface area contributed by atoms with Gasteiger partial charge in [0.15, 0.2) is 5.75 Å². The van der Waals surface area contributed by atoms with Gasteiger partial charge in [0.2, 0.25) is 0 Å². The first-order valence-electron chi connectivity index (χ1n) is 4.64. The van der Waals surface area contributed by atoms with E-state index in [1.165, 1.54) is 0 Å². The fraction of sp³-hybridized carbons (Fsp3) is 0.0909. The quantitative estimate of drug-likeness (QED) is 0.564. The Balaban J connectivity index is 2.38. The van der Waals surface area contributed by atoms with Crippen molar-refractivity contribution in [3.8, 4) is 11.4 Å². The van der Waals surface area contributed by atoms with Gasteiger partial charge in [-0.25, -0.2) is 4.98 Å². The Kier molecular flexibility index (Phi) is 2.78. The lowest BCUT2D eigenvalue weighted by Crippen LogP contribution is -1.94. The third kappa shape index (κ3) is 2.04. The lowest BCUT2D eigenvalue weighted by atomic mass is 10.3. The van der Waals surface area contributed by atoms with Crippen LogP contribution in [0.1, 0.15) is 6.92 Å². The third-order valence-electron chi connectivity index (χ3n) is 1.90. The molecule has 0 radical (unpaired) electrons. The van der Waals surface area contributed by atoms with E-state index in [4.69, 9.17) is 4.84 Å². The molecule has 4 heteroatoms. The van der Waals surface area contributed by atoms with Crippen LogP contribution in [0.3, 0.4) is 0 Å². The Hall–Kier alpha value is -2.10. The number of rotatable bonds is 3. The second kappa shape index (κ2) is 4.41. The van der Waals surface area contributed by atoms with Gasteiger partial charge in [0.25, 0.3) is 0 Å². The van der Waals surface area contributed by atoms with Crippen LogP contribution in [0.2, 0.25) is 0 Å². The van der Waals surface area contributed by atoms with Crippen LogP contribution in [-0.4, -0.2) is 15.8 Å². The number of benzene rings is 1. The highest BCUT2D eigenvalue weighted by Gasteiger charge is 2.03. The lowest BCUT2D eigenvalue weighted by Gasteiger charge is -2.06. The highest BCUT2D eigenvalue weighted by Crippen LogP contribution is 2.21. The molecule has 1 heterocycles. The first-order valence-corrected chi connectivity index (χ1v) is 4.64. The van der Waals surface area contributed by atoms with Crippen molar-refractivity contribution in [1.82, 2.24) is 9.55 Å². The molecule has 0 fully saturated rings. The van der Waals surface area contributed by atoms with Crippen LogP contribution in [0.5, 0.6) is 5.75 Å². The SMILES string of the molecule is C/C=N/Oc1ccccc1-n1ccnc1. The van der Waals surface area contributed by atoms with E-state index in [2.05, 4.69) is 10.1 Å². The molecule has 4 nitrogen and oxygen atoms in total. The van der Waals surface area contributed by atoms with Crippen LogP contribution >= 0.6 is 0 Å². The number of para-hydroxylation sites is 2. The minimum Gasteiger partial charge on any atom is -0.355 e. The molecule has 0 saturated carbocycles. The van der Waals surface area contributed by atoms with Gasteiger partial charge in [-0.05, 0) is 19.1 Å². The van der Waals surface area contributed by atoms with E-state index in [0.717, 1.165) is 5.69 Å². The molecule has 76 valence electrons. The van der Waals surface area contributed by atoms with Crippen molar-refractivity contribution in [3.05, 3.63) is 43.0 Å². The van der Waals surface area contributed by atoms with E-state index in [0.29, 0.717) is 5.75 Å². The fourth-order valence-electron chi connectivity index (χ4n) is 1.26. The van der Waals surface area contributed by atoms with Gasteiger partial charge in [-0.2, -0.15) is 0 Å². The molecule has 2 rings (SSSR count). The maximum Gasteiger partial charge on any atom is 0.181 e. The van der Waals surface area contributed by atoms with Crippen molar-refractivity contribution in [1.29, 1.82) is 0 Å². The molecule has 1 aromatic heterocycles. The van der Waals surface area contributed by atoms with Crippen molar-refractivity contribution in [3.63, 3.8) is 0 Å². The van der Waals surface area contributed by atoms with Crippen LogP contribution in [0.25, 0.3) is 5.69 Å². The summed E-state index contributed by atoms with van der Waals surface area (Å²) < 4.78 is 1.88. The summed E-state index contributed by atoms with van der Waals surface area (Å²) in [6.45, 7) is 1.81. The molecule has 0 atom stereocenters. The van der Waals surface area contributed by atoms with Crippen molar-refractivity contribution in [2.24, 2.45) is 5.16 Å². The number of aromatic nitrogens is 2. The average molecular weight is 201 g/mol. The van der Waals surface area contributed by atoms with Crippen molar-refractivity contribution in [2.45, 2.75) is 6.92 Å². The molecule has 15 heavy (non-hydrogen) atoms. The summed E-state index contributed by atoms with van der Waals surface area (Å²) in [6, 6.07) is 7.66. The van der Waals surface area contributed by atoms with Crippen LogP contribution < -0.4 is 4.84 Å². The van der Waals surface area contributed by atoms with Crippen LogP contribution in [0.15, 0.2) is 48.1 Å². The van der Waals surface area contributed by atoms with Gasteiger partial charge >= 0.3 is 0 Å². The Morgan fingerprint density at radius 3 is 3.00 bits per heavy atom. The predicted molar refractivity (Wildman–Crippen MR) is 58.4 cm³/mol. The Bertz CT molecular complexity index is 449. The second-order valence-electron chi connectivity index (χ2n) is 2.89. The van der Waals surface area contributed by atoms with Gasteiger partial charge in [-0.1, -0.05) is 17.3 Å². The molecule has 0 N–H and O–H groups in total. The molecule has 0 aliphatic rings. The summed E-state index contributed by atoms with van der Waals surface area (Å²) in [7, 11) is 0. The lowest BCUT2D eigenvalue weighted by molar-refractivity contribution is 0.342. The molecule has 1 aromatic carbocycles. The monoisotopic (exact) mass is 201 g/mol. The molecular weight excluding hydrogens is 190 g/mol. The summed E-state index contributed by atoms with van der Waals surface area (Å²) in [5.41, 5.74) is 0.917. The molecule has 2 aromatic rings. The van der Waals surface area contributed by atoms with Crippen molar-refractivity contribution in [2.75, 3.05) is 0 Å². The number of oxime groups is 1. The molecule has 0 saturated heterocycles. The number of hydrogen-bond donors (Lipinski definition) is 0. The second-order valence-corrected chi connectivity index (χ2v) is 2.89. The zero-order valence-corrected chi connectivity index (χ0v) is 8.37. The molecule has 0 amide bonds. The standard InChI is InChI=1S/C11H11N3O/c1-2-13-15-11-6-4-3-5-10(11)14-8-7-12-9-14/h2-9H,1H3/b13-2+. The van der Waals surface area contributed by atoms with Crippen LogP contribution in [-0.2, 0) is 0 Å². The number of nitrogens with zero attached hydrogens (tertiary/aromatic N) is 3. The highest BCUT2D eigenvalue weighted by molar-refractivity contribution is 5.53. The van der Waals surface area contributed by atoms with E-state index in [1.54, 1.807) is 25.7 Å². The summed E-state index contributed by atoms with van der Waals surface area (Å²) >= 11 is 0. The molecule has 0 spiro atoms. The van der Waals surface area contributed by atoms with Gasteiger partial charge in [0.05, 0.1) is 12.0 Å². The summed E-state index contributed by atoms with van der Waals surface area (Å²) in [5.74, 6) is 0.702. The van der Waals surface area contributed by atoms with E-state index >= 15 is 0 Å². The maximum atomic E-state index is 5.23. The summed E-state index contributed by atoms with van der Waals surface area (Å²) in [6.07, 6.45) is 6.90. The van der Waals surface area contributed by atoms with E-state index < -0.39 is 0 Å². The topological polar surface area (TPSA) is 39.4 Å². The van der Waals surface area contributed by atoms with Gasteiger partial charge in [-0.3, -0.25) is 0 Å². The smallest absolute Gasteiger partial charge is 0.181 e. The minimum absolute atomic E-state index is 0.702. The minimum atomic E-state index is 0.702. The van der Waals surface area contributed by atoms with E-state index in [1.807, 2.05) is 35.0 Å². The average Bonchev–Trinajstić information content (AvgIpc) is 2.80. The van der Waals surface area contributed by atoms with Crippen molar-refractivity contribution >= 4 is 6.21 Å². The van der Waals surface area contributed by atoms with Crippen LogP contribution in [0.4, 0.5) is 0 Å².